The molecule has 1 aromatic heterocycles. The third kappa shape index (κ3) is 2.87. The van der Waals surface area contributed by atoms with Crippen LogP contribution < -0.4 is 5.32 Å². The summed E-state index contributed by atoms with van der Waals surface area (Å²) >= 11 is 7.82. The maximum atomic E-state index is 12.4. The second-order valence-electron chi connectivity index (χ2n) is 5.79. The molecule has 1 amide bonds. The molecular weight excluding hydrogens is 292 g/mol. The fourth-order valence-electron chi connectivity index (χ4n) is 3.28. The summed E-state index contributed by atoms with van der Waals surface area (Å²) in [4.78, 5) is 15.8. The zero-order valence-electron chi connectivity index (χ0n) is 11.8. The third-order valence-electron chi connectivity index (χ3n) is 4.32. The van der Waals surface area contributed by atoms with Crippen molar-refractivity contribution in [1.82, 2.24) is 10.2 Å². The predicted molar refractivity (Wildman–Crippen MR) is 83.4 cm³/mol. The maximum absolute atomic E-state index is 12.4. The van der Waals surface area contributed by atoms with Gasteiger partial charge >= 0.3 is 0 Å². The number of carbonyl (C=O) groups is 1. The minimum Gasteiger partial charge on any atom is -0.341 e. The lowest BCUT2D eigenvalue weighted by atomic mass is 9.93. The number of aryl methyl sites for hydroxylation is 1. The number of likely N-dealkylation sites (tertiary alicyclic amines) is 1. The van der Waals surface area contributed by atoms with Crippen LogP contribution in [0.4, 0.5) is 0 Å². The number of nitrogens with zero attached hydrogens (tertiary/aromatic N) is 1. The summed E-state index contributed by atoms with van der Waals surface area (Å²) in [5.41, 5.74) is 1.31. The van der Waals surface area contributed by atoms with Crippen molar-refractivity contribution in [3.63, 3.8) is 0 Å². The van der Waals surface area contributed by atoms with Crippen LogP contribution in [0.1, 0.15) is 49.1 Å². The van der Waals surface area contributed by atoms with E-state index in [-0.39, 0.29) is 18.0 Å². The second kappa shape index (κ2) is 6.04. The Balaban J connectivity index is 1.67. The van der Waals surface area contributed by atoms with Crippen LogP contribution in [0.5, 0.6) is 0 Å². The van der Waals surface area contributed by atoms with Crippen LogP contribution in [0, 0.1) is 0 Å². The molecule has 2 atom stereocenters. The number of carbonyl (C=O) groups excluding carboxylic acids is 1. The molecule has 3 nitrogen and oxygen atoms in total. The lowest BCUT2D eigenvalue weighted by Crippen LogP contribution is -2.45. The topological polar surface area (TPSA) is 32.3 Å². The van der Waals surface area contributed by atoms with Crippen molar-refractivity contribution in [2.75, 3.05) is 13.1 Å². The molecule has 1 saturated heterocycles. The number of fused-ring (bicyclic) bond motifs is 1. The van der Waals surface area contributed by atoms with Crippen molar-refractivity contribution in [2.24, 2.45) is 0 Å². The van der Waals surface area contributed by atoms with Gasteiger partial charge in [-0.1, -0.05) is 11.6 Å². The number of hydrogen-bond acceptors (Lipinski definition) is 3. The van der Waals surface area contributed by atoms with Crippen molar-refractivity contribution in [3.8, 4) is 0 Å². The highest BCUT2D eigenvalue weighted by atomic mass is 35.5. The average molecular weight is 313 g/mol. The van der Waals surface area contributed by atoms with Crippen molar-refractivity contribution in [2.45, 2.75) is 51.1 Å². The Bertz CT molecular complexity index is 496. The summed E-state index contributed by atoms with van der Waals surface area (Å²) in [6.45, 7) is 3.83. The molecule has 1 aliphatic carbocycles. The van der Waals surface area contributed by atoms with Gasteiger partial charge in [-0.05, 0) is 50.7 Å². The largest absolute Gasteiger partial charge is 0.341 e. The van der Waals surface area contributed by atoms with E-state index in [4.69, 9.17) is 11.6 Å². The molecule has 1 aromatic rings. The lowest BCUT2D eigenvalue weighted by Gasteiger charge is -2.28. The van der Waals surface area contributed by atoms with Gasteiger partial charge in [0.15, 0.2) is 0 Å². The van der Waals surface area contributed by atoms with Crippen molar-refractivity contribution < 1.29 is 4.79 Å². The first kappa shape index (κ1) is 14.4. The Morgan fingerprint density at radius 1 is 1.45 bits per heavy atom. The maximum Gasteiger partial charge on any atom is 0.239 e. The first-order valence-corrected chi connectivity index (χ1v) is 8.67. The molecule has 2 aliphatic rings. The van der Waals surface area contributed by atoms with Crippen LogP contribution in [0.25, 0.3) is 0 Å². The zero-order chi connectivity index (χ0) is 14.1. The standard InChI is InChI=1S/C15H21ClN2OS/c1-10(15(19)18-7-2-3-8-18)17-12-5-4-6-13-11(12)9-14(16)20-13/h9-10,12,17H,2-8H2,1H3. The minimum absolute atomic E-state index is 0.109. The fourth-order valence-corrected chi connectivity index (χ4v) is 4.66. The highest BCUT2D eigenvalue weighted by molar-refractivity contribution is 7.16. The molecule has 20 heavy (non-hydrogen) atoms. The molecule has 1 fully saturated rings. The molecule has 0 aromatic carbocycles. The third-order valence-corrected chi connectivity index (χ3v) is 5.66. The minimum atomic E-state index is -0.109. The predicted octanol–water partition coefficient (Wildman–Crippen LogP) is 3.38. The second-order valence-corrected chi connectivity index (χ2v) is 7.56. The number of hydrogen-bond donors (Lipinski definition) is 1. The Morgan fingerprint density at radius 3 is 2.95 bits per heavy atom. The molecule has 1 aliphatic heterocycles. The number of halogens is 1. The number of amides is 1. The van der Waals surface area contributed by atoms with Gasteiger partial charge in [0, 0.05) is 24.0 Å². The molecule has 0 saturated carbocycles. The van der Waals surface area contributed by atoms with Gasteiger partial charge in [0.25, 0.3) is 0 Å². The summed E-state index contributed by atoms with van der Waals surface area (Å²) in [6.07, 6.45) is 5.68. The van der Waals surface area contributed by atoms with Gasteiger partial charge < -0.3 is 4.90 Å². The Labute approximate surface area is 129 Å². The van der Waals surface area contributed by atoms with Crippen molar-refractivity contribution in [1.29, 1.82) is 0 Å². The molecule has 0 spiro atoms. The Morgan fingerprint density at radius 2 is 2.20 bits per heavy atom. The van der Waals surface area contributed by atoms with Crippen molar-refractivity contribution in [3.05, 3.63) is 20.8 Å². The van der Waals surface area contributed by atoms with Gasteiger partial charge in [0.05, 0.1) is 10.4 Å². The number of nitrogens with one attached hydrogen (secondary N) is 1. The van der Waals surface area contributed by atoms with E-state index in [2.05, 4.69) is 11.4 Å². The molecule has 3 rings (SSSR count). The molecule has 5 heteroatoms. The lowest BCUT2D eigenvalue weighted by molar-refractivity contribution is -0.132. The van der Waals surface area contributed by atoms with E-state index in [0.717, 1.165) is 43.1 Å². The molecule has 2 unspecified atom stereocenters. The quantitative estimate of drug-likeness (QED) is 0.928. The van der Waals surface area contributed by atoms with Gasteiger partial charge in [0.1, 0.15) is 0 Å². The van der Waals surface area contributed by atoms with Gasteiger partial charge in [-0.25, -0.2) is 0 Å². The molecule has 110 valence electrons. The van der Waals surface area contributed by atoms with E-state index in [0.29, 0.717) is 0 Å². The van der Waals surface area contributed by atoms with E-state index in [1.54, 1.807) is 11.3 Å². The molecular formula is C15H21ClN2OS. The molecule has 2 heterocycles. The van der Waals surface area contributed by atoms with E-state index in [1.807, 2.05) is 11.8 Å². The van der Waals surface area contributed by atoms with E-state index in [9.17, 15) is 4.79 Å². The van der Waals surface area contributed by atoms with Crippen LogP contribution in [-0.2, 0) is 11.2 Å². The van der Waals surface area contributed by atoms with Gasteiger partial charge in [-0.15, -0.1) is 11.3 Å². The smallest absolute Gasteiger partial charge is 0.239 e. The SMILES string of the molecule is CC(NC1CCCc2sc(Cl)cc21)C(=O)N1CCCC1. The fraction of sp³-hybridized carbons (Fsp3) is 0.667. The van der Waals surface area contributed by atoms with Gasteiger partial charge in [-0.3, -0.25) is 10.1 Å². The molecule has 0 radical (unpaired) electrons. The first-order chi connectivity index (χ1) is 9.65. The van der Waals surface area contributed by atoms with E-state index >= 15 is 0 Å². The highest BCUT2D eigenvalue weighted by Gasteiger charge is 2.28. The van der Waals surface area contributed by atoms with Crippen LogP contribution >= 0.6 is 22.9 Å². The average Bonchev–Trinajstić information content (AvgIpc) is 3.06. The van der Waals surface area contributed by atoms with Gasteiger partial charge in [-0.2, -0.15) is 0 Å². The Kier molecular flexibility index (Phi) is 4.34. The molecule has 0 bridgehead atoms. The van der Waals surface area contributed by atoms with E-state index < -0.39 is 0 Å². The highest BCUT2D eigenvalue weighted by Crippen LogP contribution is 2.38. The van der Waals surface area contributed by atoms with Crippen LogP contribution in [0.3, 0.4) is 0 Å². The summed E-state index contributed by atoms with van der Waals surface area (Å²) in [5.74, 6) is 0.246. The monoisotopic (exact) mass is 312 g/mol. The number of thiophene rings is 1. The van der Waals surface area contributed by atoms with Crippen LogP contribution in [0.15, 0.2) is 6.07 Å². The zero-order valence-corrected chi connectivity index (χ0v) is 13.4. The summed E-state index contributed by atoms with van der Waals surface area (Å²) < 4.78 is 0.863. The summed E-state index contributed by atoms with van der Waals surface area (Å²) in [6, 6.07) is 2.25. The normalized spacial score (nSPS) is 23.7. The van der Waals surface area contributed by atoms with Crippen LogP contribution in [-0.4, -0.2) is 29.9 Å². The Hall–Kier alpha value is -0.580. The summed E-state index contributed by atoms with van der Waals surface area (Å²) in [7, 11) is 0. The number of rotatable bonds is 3. The van der Waals surface area contributed by atoms with Gasteiger partial charge in [0.2, 0.25) is 5.91 Å². The first-order valence-electron chi connectivity index (χ1n) is 7.48. The van der Waals surface area contributed by atoms with E-state index in [1.165, 1.54) is 16.9 Å². The summed E-state index contributed by atoms with van der Waals surface area (Å²) in [5, 5.41) is 3.52. The van der Waals surface area contributed by atoms with Crippen LogP contribution in [0.2, 0.25) is 4.34 Å². The van der Waals surface area contributed by atoms with Crippen molar-refractivity contribution >= 4 is 28.8 Å². The molecule has 1 N–H and O–H groups in total.